The van der Waals surface area contributed by atoms with Gasteiger partial charge in [-0.25, -0.2) is 0 Å². The summed E-state index contributed by atoms with van der Waals surface area (Å²) < 4.78 is 17.3. The number of hydrogen-bond acceptors (Lipinski definition) is 5. The number of carbonyl (C=O) groups is 2. The van der Waals surface area contributed by atoms with Crippen molar-refractivity contribution in [3.63, 3.8) is 0 Å². The summed E-state index contributed by atoms with van der Waals surface area (Å²) >= 11 is 12.5. The number of benzene rings is 2. The average molecular weight is 464 g/mol. The van der Waals surface area contributed by atoms with Crippen molar-refractivity contribution in [2.45, 2.75) is 51.9 Å². The molecule has 1 heterocycles. The SMILES string of the molecule is CC(=O)OC(C(=O)Nc1ccc(B2OC(C)(C)C(C)(C)O2)c(Cl)c1)c1cccc(Cl)c1. The number of rotatable bonds is 5. The number of carbonyl (C=O) groups excluding carboxylic acids is 2. The van der Waals surface area contributed by atoms with E-state index in [2.05, 4.69) is 5.32 Å². The summed E-state index contributed by atoms with van der Waals surface area (Å²) in [6.45, 7) is 9.07. The molecule has 2 aromatic rings. The van der Waals surface area contributed by atoms with Gasteiger partial charge in [0, 0.05) is 33.7 Å². The quantitative estimate of drug-likeness (QED) is 0.520. The summed E-state index contributed by atoms with van der Waals surface area (Å²) in [5.74, 6) is -1.12. The number of nitrogens with one attached hydrogen (secondary N) is 1. The molecule has 1 saturated heterocycles. The number of ether oxygens (including phenoxy) is 1. The Morgan fingerprint density at radius 2 is 1.68 bits per heavy atom. The van der Waals surface area contributed by atoms with Crippen molar-refractivity contribution in [3.05, 3.63) is 58.1 Å². The largest absolute Gasteiger partial charge is 0.496 e. The Labute approximate surface area is 192 Å². The molecule has 164 valence electrons. The highest BCUT2D eigenvalue weighted by molar-refractivity contribution is 6.65. The minimum Gasteiger partial charge on any atom is -0.447 e. The van der Waals surface area contributed by atoms with Gasteiger partial charge in [0.15, 0.2) is 0 Å². The predicted octanol–water partition coefficient (Wildman–Crippen LogP) is 4.54. The maximum Gasteiger partial charge on any atom is 0.496 e. The zero-order chi connectivity index (χ0) is 23.0. The molecular formula is C22H24BCl2NO5. The van der Waals surface area contributed by atoms with Crippen LogP contribution in [0, 0.1) is 0 Å². The number of halogens is 2. The van der Waals surface area contributed by atoms with Crippen molar-refractivity contribution in [2.75, 3.05) is 5.32 Å². The molecule has 1 aliphatic heterocycles. The van der Waals surface area contributed by atoms with Gasteiger partial charge in [-0.15, -0.1) is 0 Å². The fraction of sp³-hybridized carbons (Fsp3) is 0.364. The van der Waals surface area contributed by atoms with Crippen LogP contribution in [-0.4, -0.2) is 30.2 Å². The summed E-state index contributed by atoms with van der Waals surface area (Å²) in [5.41, 5.74) is 0.559. The smallest absolute Gasteiger partial charge is 0.447 e. The Balaban J connectivity index is 1.80. The molecule has 0 bridgehead atoms. The van der Waals surface area contributed by atoms with E-state index in [0.717, 1.165) is 0 Å². The topological polar surface area (TPSA) is 73.9 Å². The Hall–Kier alpha value is -2.06. The zero-order valence-electron chi connectivity index (χ0n) is 18.0. The van der Waals surface area contributed by atoms with Crippen LogP contribution in [0.1, 0.15) is 46.3 Å². The Kier molecular flexibility index (Phi) is 6.72. The van der Waals surface area contributed by atoms with E-state index in [9.17, 15) is 9.59 Å². The second-order valence-corrected chi connectivity index (χ2v) is 9.20. The third kappa shape index (κ3) is 5.23. The Morgan fingerprint density at radius 3 is 2.23 bits per heavy atom. The lowest BCUT2D eigenvalue weighted by molar-refractivity contribution is -0.152. The summed E-state index contributed by atoms with van der Waals surface area (Å²) in [7, 11) is -0.623. The first-order valence-corrected chi connectivity index (χ1v) is 10.5. The van der Waals surface area contributed by atoms with Gasteiger partial charge in [-0.2, -0.15) is 0 Å². The van der Waals surface area contributed by atoms with Crippen LogP contribution in [0.25, 0.3) is 0 Å². The molecule has 1 N–H and O–H groups in total. The minimum atomic E-state index is -1.15. The predicted molar refractivity (Wildman–Crippen MR) is 122 cm³/mol. The Bertz CT molecular complexity index is 995. The normalized spacial score (nSPS) is 17.8. The fourth-order valence-electron chi connectivity index (χ4n) is 3.08. The van der Waals surface area contributed by atoms with Crippen LogP contribution in [0.5, 0.6) is 0 Å². The molecule has 6 nitrogen and oxygen atoms in total. The number of hydrogen-bond donors (Lipinski definition) is 1. The van der Waals surface area contributed by atoms with Gasteiger partial charge >= 0.3 is 13.1 Å². The highest BCUT2D eigenvalue weighted by Crippen LogP contribution is 2.37. The maximum atomic E-state index is 12.9. The molecule has 1 fully saturated rings. The summed E-state index contributed by atoms with van der Waals surface area (Å²) in [6, 6.07) is 11.6. The van der Waals surface area contributed by atoms with Crippen LogP contribution in [-0.2, 0) is 23.6 Å². The molecule has 1 atom stereocenters. The molecule has 1 aliphatic rings. The van der Waals surface area contributed by atoms with Gasteiger partial charge in [-0.05, 0) is 52.0 Å². The number of amides is 1. The van der Waals surface area contributed by atoms with Crippen molar-refractivity contribution in [2.24, 2.45) is 0 Å². The van der Waals surface area contributed by atoms with E-state index in [4.69, 9.17) is 37.2 Å². The van der Waals surface area contributed by atoms with Gasteiger partial charge in [0.2, 0.25) is 6.10 Å². The number of anilines is 1. The van der Waals surface area contributed by atoms with Gasteiger partial charge in [0.25, 0.3) is 5.91 Å². The second kappa shape index (κ2) is 8.83. The molecule has 1 amide bonds. The van der Waals surface area contributed by atoms with Crippen LogP contribution < -0.4 is 10.8 Å². The third-order valence-electron chi connectivity index (χ3n) is 5.45. The highest BCUT2D eigenvalue weighted by Gasteiger charge is 2.52. The zero-order valence-corrected chi connectivity index (χ0v) is 19.5. The van der Waals surface area contributed by atoms with Crippen molar-refractivity contribution in [1.82, 2.24) is 0 Å². The fourth-order valence-corrected chi connectivity index (χ4v) is 3.55. The van der Waals surface area contributed by atoms with Gasteiger partial charge in [-0.1, -0.05) is 41.4 Å². The van der Waals surface area contributed by atoms with Crippen molar-refractivity contribution >= 4 is 53.3 Å². The molecule has 0 radical (unpaired) electrons. The minimum absolute atomic E-state index is 0.378. The van der Waals surface area contributed by atoms with Crippen LogP contribution in [0.3, 0.4) is 0 Å². The lowest BCUT2D eigenvalue weighted by Gasteiger charge is -2.32. The van der Waals surface area contributed by atoms with Crippen LogP contribution in [0.15, 0.2) is 42.5 Å². The van der Waals surface area contributed by atoms with Gasteiger partial charge in [0.05, 0.1) is 11.2 Å². The molecule has 3 rings (SSSR count). The molecule has 9 heteroatoms. The maximum absolute atomic E-state index is 12.9. The molecule has 0 spiro atoms. The van der Waals surface area contributed by atoms with Gasteiger partial charge in [0.1, 0.15) is 0 Å². The standard InChI is InChI=1S/C22H24BCl2NO5/c1-13(27)29-19(14-7-6-8-15(24)11-14)20(28)26-16-9-10-17(18(25)12-16)23-30-21(2,3)22(4,5)31-23/h6-12,19H,1-5H3,(H,26,28). The first kappa shape index (κ1) is 23.6. The van der Waals surface area contributed by atoms with Gasteiger partial charge in [-0.3, -0.25) is 9.59 Å². The monoisotopic (exact) mass is 463 g/mol. The van der Waals surface area contributed by atoms with Crippen LogP contribution in [0.2, 0.25) is 10.0 Å². The van der Waals surface area contributed by atoms with E-state index >= 15 is 0 Å². The van der Waals surface area contributed by atoms with Crippen molar-refractivity contribution in [3.8, 4) is 0 Å². The summed E-state index contributed by atoms with van der Waals surface area (Å²) in [5, 5.41) is 3.54. The van der Waals surface area contributed by atoms with Crippen molar-refractivity contribution < 1.29 is 23.6 Å². The molecular weight excluding hydrogens is 440 g/mol. The van der Waals surface area contributed by atoms with E-state index in [1.165, 1.54) is 6.92 Å². The van der Waals surface area contributed by atoms with Crippen LogP contribution >= 0.6 is 23.2 Å². The molecule has 0 saturated carbocycles. The van der Waals surface area contributed by atoms with Gasteiger partial charge < -0.3 is 19.4 Å². The molecule has 2 aromatic carbocycles. The van der Waals surface area contributed by atoms with E-state index < -0.39 is 36.3 Å². The number of esters is 1. The first-order valence-electron chi connectivity index (χ1n) is 9.78. The molecule has 1 unspecified atom stereocenters. The average Bonchev–Trinajstić information content (AvgIpc) is 2.86. The Morgan fingerprint density at radius 1 is 1.03 bits per heavy atom. The molecule has 0 aliphatic carbocycles. The lowest BCUT2D eigenvalue weighted by Crippen LogP contribution is -2.41. The summed E-state index contributed by atoms with van der Waals surface area (Å²) in [4.78, 5) is 24.4. The van der Waals surface area contributed by atoms with Crippen molar-refractivity contribution in [1.29, 1.82) is 0 Å². The molecule has 0 aromatic heterocycles. The van der Waals surface area contributed by atoms with Crippen LogP contribution in [0.4, 0.5) is 5.69 Å². The van der Waals surface area contributed by atoms with E-state index in [1.54, 1.807) is 42.5 Å². The third-order valence-corrected chi connectivity index (χ3v) is 6.01. The first-order chi connectivity index (χ1) is 14.4. The van der Waals surface area contributed by atoms with E-state index in [-0.39, 0.29) is 0 Å². The van der Waals surface area contributed by atoms with E-state index in [0.29, 0.717) is 26.8 Å². The summed E-state index contributed by atoms with van der Waals surface area (Å²) in [6.07, 6.45) is -1.15. The lowest BCUT2D eigenvalue weighted by atomic mass is 9.79. The van der Waals surface area contributed by atoms with E-state index in [1.807, 2.05) is 27.7 Å². The second-order valence-electron chi connectivity index (χ2n) is 8.36. The molecule has 31 heavy (non-hydrogen) atoms. The highest BCUT2D eigenvalue weighted by atomic mass is 35.5.